The van der Waals surface area contributed by atoms with Crippen LogP contribution in [-0.2, 0) is 0 Å². The van der Waals surface area contributed by atoms with Gasteiger partial charge in [-0.2, -0.15) is 0 Å². The van der Waals surface area contributed by atoms with E-state index in [2.05, 4.69) is 29.4 Å². The molecule has 0 radical (unpaired) electrons. The molecule has 0 spiro atoms. The van der Waals surface area contributed by atoms with Crippen LogP contribution in [0.15, 0.2) is 24.5 Å². The van der Waals surface area contributed by atoms with Gasteiger partial charge < -0.3 is 10.1 Å². The lowest BCUT2D eigenvalue weighted by Gasteiger charge is -2.05. The van der Waals surface area contributed by atoms with Crippen LogP contribution in [-0.4, -0.2) is 24.7 Å². The maximum Gasteiger partial charge on any atom is 0.138 e. The van der Waals surface area contributed by atoms with E-state index >= 15 is 0 Å². The summed E-state index contributed by atoms with van der Waals surface area (Å²) in [6, 6.07) is 2.50. The van der Waals surface area contributed by atoms with Crippen molar-refractivity contribution >= 4 is 6.08 Å². The van der Waals surface area contributed by atoms with Crippen molar-refractivity contribution in [1.29, 1.82) is 0 Å². The van der Waals surface area contributed by atoms with Gasteiger partial charge in [0.2, 0.25) is 0 Å². The number of hydrogen-bond donors (Lipinski definition) is 1. The van der Waals surface area contributed by atoms with Crippen molar-refractivity contribution in [2.75, 3.05) is 13.7 Å². The Morgan fingerprint density at radius 3 is 3.00 bits per heavy atom. The van der Waals surface area contributed by atoms with E-state index in [0.29, 0.717) is 12.6 Å². The fourth-order valence-electron chi connectivity index (χ4n) is 1.30. The summed E-state index contributed by atoms with van der Waals surface area (Å²) in [5.74, 6) is 0.825. The Balaban J connectivity index is 2.55. The van der Waals surface area contributed by atoms with Gasteiger partial charge in [-0.1, -0.05) is 12.2 Å². The molecule has 1 atom stereocenters. The highest BCUT2D eigenvalue weighted by atomic mass is 16.5. The van der Waals surface area contributed by atoms with E-state index in [4.69, 9.17) is 4.74 Å². The topological polar surface area (TPSA) is 34.1 Å². The molecule has 1 aromatic heterocycles. The zero-order valence-electron chi connectivity index (χ0n) is 10.2. The Kier molecular flexibility index (Phi) is 5.57. The Hall–Kier alpha value is -1.35. The summed E-state index contributed by atoms with van der Waals surface area (Å²) in [4.78, 5) is 4.13. The molecule has 0 saturated carbocycles. The molecule has 3 heteroatoms. The zero-order chi connectivity index (χ0) is 11.8. The highest BCUT2D eigenvalue weighted by molar-refractivity contribution is 5.49. The van der Waals surface area contributed by atoms with Gasteiger partial charge in [0.1, 0.15) is 5.75 Å². The maximum absolute atomic E-state index is 5.39. The molecule has 1 aromatic rings. The van der Waals surface area contributed by atoms with Gasteiger partial charge >= 0.3 is 0 Å². The molecule has 1 rings (SSSR count). The fraction of sp³-hybridized carbons (Fsp3) is 0.462. The molecule has 3 nitrogen and oxygen atoms in total. The van der Waals surface area contributed by atoms with Crippen LogP contribution in [0.4, 0.5) is 0 Å². The summed E-state index contributed by atoms with van der Waals surface area (Å²) in [5.41, 5.74) is 1.08. The summed E-state index contributed by atoms with van der Waals surface area (Å²) >= 11 is 0. The van der Waals surface area contributed by atoms with E-state index in [1.165, 1.54) is 0 Å². The average Bonchev–Trinajstić information content (AvgIpc) is 2.30. The molecule has 0 bridgehead atoms. The Bertz CT molecular complexity index is 336. The summed E-state index contributed by atoms with van der Waals surface area (Å²) in [6.45, 7) is 4.79. The largest absolute Gasteiger partial charge is 0.492 e. The molecule has 1 N–H and O–H groups in total. The highest BCUT2D eigenvalue weighted by Crippen LogP contribution is 2.12. The van der Waals surface area contributed by atoms with Gasteiger partial charge in [-0.3, -0.25) is 4.98 Å². The molecule has 0 aromatic carbocycles. The smallest absolute Gasteiger partial charge is 0.138 e. The number of rotatable bonds is 6. The minimum atomic E-state index is 0.499. The van der Waals surface area contributed by atoms with Gasteiger partial charge in [-0.25, -0.2) is 0 Å². The lowest BCUT2D eigenvalue weighted by molar-refractivity contribution is 0.339. The van der Waals surface area contributed by atoms with Crippen LogP contribution in [0, 0.1) is 0 Å². The summed E-state index contributed by atoms with van der Waals surface area (Å²) in [5, 5.41) is 3.19. The predicted octanol–water partition coefficient (Wildman–Crippen LogP) is 2.49. The zero-order valence-corrected chi connectivity index (χ0v) is 10.2. The van der Waals surface area contributed by atoms with E-state index < -0.39 is 0 Å². The molecular formula is C13H20N2O. The highest BCUT2D eigenvalue weighted by Gasteiger charge is 1.95. The number of ether oxygens (including phenoxy) is 1. The van der Waals surface area contributed by atoms with Gasteiger partial charge in [-0.05, 0) is 38.9 Å². The Morgan fingerprint density at radius 1 is 1.50 bits per heavy atom. The number of nitrogens with zero attached hydrogens (tertiary/aromatic N) is 1. The average molecular weight is 220 g/mol. The van der Waals surface area contributed by atoms with Crippen LogP contribution in [0.1, 0.15) is 25.8 Å². The van der Waals surface area contributed by atoms with Crippen molar-refractivity contribution in [3.63, 3.8) is 0 Å². The molecule has 0 amide bonds. The van der Waals surface area contributed by atoms with Crippen LogP contribution < -0.4 is 10.1 Å². The van der Waals surface area contributed by atoms with Crippen molar-refractivity contribution in [3.8, 4) is 5.75 Å². The molecular weight excluding hydrogens is 200 g/mol. The second-order valence-electron chi connectivity index (χ2n) is 3.71. The Labute approximate surface area is 97.5 Å². The Morgan fingerprint density at radius 2 is 2.31 bits per heavy atom. The van der Waals surface area contributed by atoms with E-state index in [1.54, 1.807) is 6.20 Å². The van der Waals surface area contributed by atoms with Gasteiger partial charge in [0.15, 0.2) is 0 Å². The van der Waals surface area contributed by atoms with E-state index in [1.807, 2.05) is 26.2 Å². The van der Waals surface area contributed by atoms with Crippen LogP contribution in [0.25, 0.3) is 6.08 Å². The second-order valence-corrected chi connectivity index (χ2v) is 3.71. The first-order chi connectivity index (χ1) is 7.76. The van der Waals surface area contributed by atoms with Gasteiger partial charge in [-0.15, -0.1) is 0 Å². The van der Waals surface area contributed by atoms with Crippen molar-refractivity contribution in [2.24, 2.45) is 0 Å². The number of aromatic nitrogens is 1. The number of nitrogens with one attached hydrogen (secondary N) is 1. The first-order valence-corrected chi connectivity index (χ1v) is 5.68. The molecule has 0 fully saturated rings. The molecule has 0 aliphatic heterocycles. The first kappa shape index (κ1) is 12.7. The number of hydrogen-bond acceptors (Lipinski definition) is 3. The third-order valence-electron chi connectivity index (χ3n) is 2.34. The quantitative estimate of drug-likeness (QED) is 0.799. The monoisotopic (exact) mass is 220 g/mol. The minimum Gasteiger partial charge on any atom is -0.492 e. The molecule has 0 aliphatic carbocycles. The lowest BCUT2D eigenvalue weighted by Crippen LogP contribution is -2.19. The third kappa shape index (κ3) is 4.45. The van der Waals surface area contributed by atoms with Crippen molar-refractivity contribution < 1.29 is 4.74 Å². The number of pyridine rings is 1. The predicted molar refractivity (Wildman–Crippen MR) is 67.6 cm³/mol. The van der Waals surface area contributed by atoms with E-state index in [9.17, 15) is 0 Å². The third-order valence-corrected chi connectivity index (χ3v) is 2.34. The lowest BCUT2D eigenvalue weighted by atomic mass is 10.2. The molecule has 0 saturated heterocycles. The van der Waals surface area contributed by atoms with Crippen LogP contribution in [0.2, 0.25) is 0 Å². The second kappa shape index (κ2) is 7.01. The molecule has 0 aliphatic rings. The van der Waals surface area contributed by atoms with E-state index in [-0.39, 0.29) is 0 Å². The SMILES string of the molecule is CCOc1cncc(/C=C/CC(C)NC)c1. The van der Waals surface area contributed by atoms with Crippen molar-refractivity contribution in [1.82, 2.24) is 10.3 Å². The molecule has 1 heterocycles. The summed E-state index contributed by atoms with van der Waals surface area (Å²) in [7, 11) is 1.97. The van der Waals surface area contributed by atoms with Crippen molar-refractivity contribution in [3.05, 3.63) is 30.1 Å². The van der Waals surface area contributed by atoms with Crippen LogP contribution in [0.3, 0.4) is 0 Å². The van der Waals surface area contributed by atoms with Gasteiger partial charge in [0, 0.05) is 12.2 Å². The standard InChI is InChI=1S/C13H20N2O/c1-4-16-13-8-12(9-15-10-13)7-5-6-11(2)14-3/h5,7-11,14H,4,6H2,1-3H3/b7-5+. The van der Waals surface area contributed by atoms with Crippen LogP contribution >= 0.6 is 0 Å². The molecule has 88 valence electrons. The minimum absolute atomic E-state index is 0.499. The van der Waals surface area contributed by atoms with Gasteiger partial charge in [0.25, 0.3) is 0 Å². The molecule has 1 unspecified atom stereocenters. The maximum atomic E-state index is 5.39. The van der Waals surface area contributed by atoms with Gasteiger partial charge in [0.05, 0.1) is 12.8 Å². The van der Waals surface area contributed by atoms with Crippen molar-refractivity contribution in [2.45, 2.75) is 26.3 Å². The fourth-order valence-corrected chi connectivity index (χ4v) is 1.30. The summed E-state index contributed by atoms with van der Waals surface area (Å²) < 4.78 is 5.39. The summed E-state index contributed by atoms with van der Waals surface area (Å²) in [6.07, 6.45) is 8.80. The normalized spacial score (nSPS) is 12.9. The molecule has 16 heavy (non-hydrogen) atoms. The van der Waals surface area contributed by atoms with Crippen LogP contribution in [0.5, 0.6) is 5.75 Å². The first-order valence-electron chi connectivity index (χ1n) is 5.68. The van der Waals surface area contributed by atoms with E-state index in [0.717, 1.165) is 17.7 Å².